The highest BCUT2D eigenvalue weighted by atomic mass is 35.5. The number of hydrogen-bond acceptors (Lipinski definition) is 7. The van der Waals surface area contributed by atoms with Crippen molar-refractivity contribution in [3.05, 3.63) is 0 Å². The first-order valence-electron chi connectivity index (χ1n) is 7.91. The van der Waals surface area contributed by atoms with E-state index in [9.17, 15) is 19.5 Å². The van der Waals surface area contributed by atoms with E-state index in [0.717, 1.165) is 6.92 Å². The lowest BCUT2D eigenvalue weighted by molar-refractivity contribution is -0.873. The van der Waals surface area contributed by atoms with Crippen molar-refractivity contribution < 1.29 is 28.7 Å². The minimum Gasteiger partial charge on any atom is -0.549 e. The van der Waals surface area contributed by atoms with E-state index >= 15 is 0 Å². The summed E-state index contributed by atoms with van der Waals surface area (Å²) >= 11 is 0. The van der Waals surface area contributed by atoms with Gasteiger partial charge in [-0.15, -0.1) is 12.4 Å². The van der Waals surface area contributed by atoms with E-state index in [0.29, 0.717) is 13.0 Å². The number of Topliss-reactive ketones (excluding diaryl/α,β-unsaturated/α-hetero) is 1. The maximum Gasteiger partial charge on any atom is 0.323 e. The summed E-state index contributed by atoms with van der Waals surface area (Å²) in [5.41, 5.74) is 10.9. The molecule has 0 fully saturated rings. The van der Waals surface area contributed by atoms with Crippen LogP contribution < -0.4 is 21.9 Å². The molecule has 0 aliphatic rings. The number of quaternary nitrogens is 1. The number of esters is 1. The molecule has 0 aliphatic carbocycles. The minimum atomic E-state index is -1.59. The molecule has 0 saturated heterocycles. The maximum atomic E-state index is 12.2. The van der Waals surface area contributed by atoms with Crippen molar-refractivity contribution in [2.45, 2.75) is 31.9 Å². The molecule has 0 spiro atoms. The Morgan fingerprint density at radius 2 is 1.81 bits per heavy atom. The van der Waals surface area contributed by atoms with E-state index in [2.05, 4.69) is 5.32 Å². The number of nitrogens with one attached hydrogen (secondary N) is 2. The molecule has 0 heterocycles. The van der Waals surface area contributed by atoms with Gasteiger partial charge in [0.05, 0.1) is 33.0 Å². The molecule has 0 aliphatic heterocycles. The van der Waals surface area contributed by atoms with Crippen LogP contribution in [0.3, 0.4) is 0 Å². The van der Waals surface area contributed by atoms with Crippen molar-refractivity contribution in [1.29, 1.82) is 5.41 Å². The van der Waals surface area contributed by atoms with Gasteiger partial charge in [-0.3, -0.25) is 15.0 Å². The lowest BCUT2D eigenvalue weighted by Crippen LogP contribution is -2.53. The summed E-state index contributed by atoms with van der Waals surface area (Å²) in [7, 11) is 5.34. The van der Waals surface area contributed by atoms with Crippen LogP contribution in [-0.2, 0) is 19.1 Å². The fraction of sp³-hybridized carbons (Fsp3) is 0.733. The monoisotopic (exact) mass is 395 g/mol. The molecule has 0 amide bonds. The Morgan fingerprint density at radius 1 is 1.27 bits per heavy atom. The van der Waals surface area contributed by atoms with Crippen LogP contribution in [0.25, 0.3) is 0 Å². The molecule has 0 radical (unpaired) electrons. The van der Waals surface area contributed by atoms with Crippen LogP contribution in [0.15, 0.2) is 0 Å². The van der Waals surface area contributed by atoms with E-state index in [1.165, 1.54) is 0 Å². The zero-order chi connectivity index (χ0) is 19.8. The smallest absolute Gasteiger partial charge is 0.323 e. The Hall–Kier alpha value is -1.91. The Labute approximate surface area is 159 Å². The van der Waals surface area contributed by atoms with Crippen molar-refractivity contribution in [2.24, 2.45) is 17.4 Å². The first-order chi connectivity index (χ1) is 11.3. The fourth-order valence-corrected chi connectivity index (χ4v) is 2.23. The van der Waals surface area contributed by atoms with Crippen LogP contribution in [0.1, 0.15) is 19.8 Å². The van der Waals surface area contributed by atoms with Gasteiger partial charge in [0.25, 0.3) is 0 Å². The molecule has 0 bridgehead atoms. The summed E-state index contributed by atoms with van der Waals surface area (Å²) in [5.74, 6) is -4.75. The molecule has 0 aromatic carbocycles. The van der Waals surface area contributed by atoms with Gasteiger partial charge >= 0.3 is 5.97 Å². The van der Waals surface area contributed by atoms with E-state index < -0.39 is 35.8 Å². The first-order valence-corrected chi connectivity index (χ1v) is 7.91. The van der Waals surface area contributed by atoms with Gasteiger partial charge in [-0.05, 0) is 19.8 Å². The third-order valence-corrected chi connectivity index (χ3v) is 3.37. The van der Waals surface area contributed by atoms with Crippen molar-refractivity contribution >= 4 is 36.1 Å². The number of rotatable bonds is 11. The highest BCUT2D eigenvalue weighted by Gasteiger charge is 2.35. The normalized spacial score (nSPS) is 14.3. The minimum absolute atomic E-state index is 0. The first kappa shape index (κ1) is 26.3. The number of nitrogens with two attached hydrogens (primary N) is 2. The van der Waals surface area contributed by atoms with Crippen LogP contribution in [0.4, 0.5) is 0 Å². The molecule has 26 heavy (non-hydrogen) atoms. The number of carbonyl (C=O) groups excluding carboxylic acids is 3. The van der Waals surface area contributed by atoms with Gasteiger partial charge in [-0.2, -0.15) is 0 Å². The third kappa shape index (κ3) is 10.9. The largest absolute Gasteiger partial charge is 0.549 e. The summed E-state index contributed by atoms with van der Waals surface area (Å²) in [4.78, 5) is 35.1. The predicted molar refractivity (Wildman–Crippen MR) is 96.3 cm³/mol. The number of carboxylic acids is 1. The SMILES string of the molecule is CC(=O)C(C(=O)[O-])C(C[N+](C)(C)C)OC(=O)[C@@H](N)CCCNC(=N)N.Cl. The second kappa shape index (κ2) is 11.7. The van der Waals surface area contributed by atoms with Crippen LogP contribution in [0.2, 0.25) is 0 Å². The van der Waals surface area contributed by atoms with Crippen LogP contribution >= 0.6 is 12.4 Å². The maximum absolute atomic E-state index is 12.2. The standard InChI is InChI=1S/C15H29N5O5.ClH/c1-9(21)12(13(22)23)11(8-20(2,3)4)25-14(24)10(16)6-5-7-19-15(17)18;/h10-12H,5-8,16H2,1-4H3,(H4-,17,18,19,22,23);1H/t10-,11?,12?;/m0./s1. The topological polar surface area (TPSA) is 171 Å². The molecule has 2 unspecified atom stereocenters. The number of likely N-dealkylation sites (N-methyl/N-ethyl adjacent to an activating group) is 1. The van der Waals surface area contributed by atoms with E-state index in [1.807, 2.05) is 0 Å². The van der Waals surface area contributed by atoms with Crippen molar-refractivity contribution in [3.8, 4) is 0 Å². The molecule has 0 rings (SSSR count). The Balaban J connectivity index is 0. The summed E-state index contributed by atoms with van der Waals surface area (Å²) in [6, 6.07) is -0.974. The predicted octanol–water partition coefficient (Wildman–Crippen LogP) is -2.43. The number of halogens is 1. The average Bonchev–Trinajstić information content (AvgIpc) is 2.40. The Morgan fingerprint density at radius 3 is 2.19 bits per heavy atom. The number of guanidine groups is 1. The number of ether oxygens (including phenoxy) is 1. The summed E-state index contributed by atoms with van der Waals surface area (Å²) in [6.07, 6.45) is -0.449. The number of hydrogen-bond donors (Lipinski definition) is 4. The Kier molecular flexibility index (Phi) is 11.8. The lowest BCUT2D eigenvalue weighted by Gasteiger charge is -2.33. The van der Waals surface area contributed by atoms with Gasteiger partial charge < -0.3 is 35.9 Å². The molecular weight excluding hydrogens is 366 g/mol. The molecule has 10 nitrogen and oxygen atoms in total. The van der Waals surface area contributed by atoms with Crippen LogP contribution in [-0.4, -0.2) is 74.5 Å². The van der Waals surface area contributed by atoms with E-state index in [1.54, 1.807) is 21.1 Å². The van der Waals surface area contributed by atoms with Crippen molar-refractivity contribution in [3.63, 3.8) is 0 Å². The molecule has 6 N–H and O–H groups in total. The number of carbonyl (C=O) groups is 3. The van der Waals surface area contributed by atoms with Gasteiger partial charge in [0.1, 0.15) is 18.4 Å². The molecule has 152 valence electrons. The second-order valence-electron chi connectivity index (χ2n) is 6.94. The summed E-state index contributed by atoms with van der Waals surface area (Å²) in [6.45, 7) is 1.60. The number of nitrogens with zero attached hydrogens (tertiary/aromatic N) is 1. The van der Waals surface area contributed by atoms with Gasteiger partial charge in [0, 0.05) is 6.54 Å². The summed E-state index contributed by atoms with van der Waals surface area (Å²) < 4.78 is 5.53. The number of ketones is 1. The third-order valence-electron chi connectivity index (χ3n) is 3.37. The van der Waals surface area contributed by atoms with E-state index in [4.69, 9.17) is 21.6 Å². The zero-order valence-electron chi connectivity index (χ0n) is 15.6. The van der Waals surface area contributed by atoms with Crippen molar-refractivity contribution in [2.75, 3.05) is 34.2 Å². The van der Waals surface area contributed by atoms with Gasteiger partial charge in [0.15, 0.2) is 12.1 Å². The van der Waals surface area contributed by atoms with Crippen molar-refractivity contribution in [1.82, 2.24) is 5.32 Å². The molecule has 3 atom stereocenters. The van der Waals surface area contributed by atoms with Crippen LogP contribution in [0.5, 0.6) is 0 Å². The quantitative estimate of drug-likeness (QED) is 0.0746. The second-order valence-corrected chi connectivity index (χ2v) is 6.94. The lowest BCUT2D eigenvalue weighted by atomic mass is 9.97. The number of carboxylic acid groups (broad SMARTS) is 1. The van der Waals surface area contributed by atoms with E-state index in [-0.39, 0.29) is 35.8 Å². The average molecular weight is 396 g/mol. The highest BCUT2D eigenvalue weighted by molar-refractivity contribution is 5.97. The molecule has 0 aromatic rings. The Bertz CT molecular complexity index is 495. The van der Waals surface area contributed by atoms with Crippen LogP contribution in [0, 0.1) is 11.3 Å². The van der Waals surface area contributed by atoms with Gasteiger partial charge in [0.2, 0.25) is 0 Å². The molecule has 11 heteroatoms. The fourth-order valence-electron chi connectivity index (χ4n) is 2.23. The van der Waals surface area contributed by atoms with Gasteiger partial charge in [-0.1, -0.05) is 0 Å². The van der Waals surface area contributed by atoms with Gasteiger partial charge in [-0.25, -0.2) is 0 Å². The molecular formula is C15H30ClN5O5. The molecule has 0 saturated carbocycles. The highest BCUT2D eigenvalue weighted by Crippen LogP contribution is 2.14. The number of aliphatic carboxylic acids is 1. The summed E-state index contributed by atoms with van der Waals surface area (Å²) in [5, 5.41) is 20.9. The molecule has 0 aromatic heterocycles. The zero-order valence-corrected chi connectivity index (χ0v) is 16.4.